The van der Waals surface area contributed by atoms with Crippen molar-refractivity contribution in [2.24, 2.45) is 0 Å². The Balaban J connectivity index is 1.69. The average molecular weight is 372 g/mol. The number of hydrogen-bond donors (Lipinski definition) is 3. The molecule has 2 aromatic rings. The molecule has 0 radical (unpaired) electrons. The van der Waals surface area contributed by atoms with Gasteiger partial charge in [0.25, 0.3) is 0 Å². The van der Waals surface area contributed by atoms with Gasteiger partial charge in [-0.2, -0.15) is 0 Å². The molecule has 1 aliphatic heterocycles. The summed E-state index contributed by atoms with van der Waals surface area (Å²) >= 11 is 5.86. The number of benzene rings is 2. The Bertz CT molecular complexity index is 775. The zero-order valence-electron chi connectivity index (χ0n) is 14.6. The summed E-state index contributed by atoms with van der Waals surface area (Å²) in [5, 5.41) is 9.22. The lowest BCUT2D eigenvalue weighted by Crippen LogP contribution is -2.52. The molecule has 3 rings (SSSR count). The molecule has 1 aliphatic rings. The van der Waals surface area contributed by atoms with Crippen LogP contribution in [0.25, 0.3) is 0 Å². The van der Waals surface area contributed by atoms with Crippen LogP contribution in [-0.4, -0.2) is 24.5 Å². The van der Waals surface area contributed by atoms with Gasteiger partial charge in [0.2, 0.25) is 5.91 Å². The molecule has 5 nitrogen and oxygen atoms in total. The molecular formula is C20H22ClN3O2. The summed E-state index contributed by atoms with van der Waals surface area (Å²) in [5.41, 5.74) is 2.98. The summed E-state index contributed by atoms with van der Waals surface area (Å²) in [6.45, 7) is 2.52. The third kappa shape index (κ3) is 4.55. The van der Waals surface area contributed by atoms with Gasteiger partial charge in [-0.1, -0.05) is 42.8 Å². The number of piperidine rings is 1. The SMILES string of the molecule is CCc1ccc([C@H]2CC(=O)NC[C@@H]2NC(=O)Nc2ccc(Cl)cc2)cc1. The van der Waals surface area contributed by atoms with E-state index in [4.69, 9.17) is 11.6 Å². The van der Waals surface area contributed by atoms with Crippen LogP contribution in [0.15, 0.2) is 48.5 Å². The highest BCUT2D eigenvalue weighted by molar-refractivity contribution is 6.30. The van der Waals surface area contributed by atoms with Crippen LogP contribution in [0.3, 0.4) is 0 Å². The van der Waals surface area contributed by atoms with Crippen molar-refractivity contribution < 1.29 is 9.59 Å². The number of carbonyl (C=O) groups excluding carboxylic acids is 2. The van der Waals surface area contributed by atoms with Gasteiger partial charge >= 0.3 is 6.03 Å². The fraction of sp³-hybridized carbons (Fsp3) is 0.300. The molecule has 2 aromatic carbocycles. The van der Waals surface area contributed by atoms with Crippen LogP contribution in [0.1, 0.15) is 30.4 Å². The van der Waals surface area contributed by atoms with Gasteiger partial charge in [-0.25, -0.2) is 4.79 Å². The first-order valence-electron chi connectivity index (χ1n) is 8.73. The number of anilines is 1. The predicted molar refractivity (Wildman–Crippen MR) is 104 cm³/mol. The van der Waals surface area contributed by atoms with E-state index in [2.05, 4.69) is 35.0 Å². The fourth-order valence-electron chi connectivity index (χ4n) is 3.15. The Morgan fingerprint density at radius 2 is 1.85 bits per heavy atom. The lowest BCUT2D eigenvalue weighted by molar-refractivity contribution is -0.123. The molecule has 1 heterocycles. The third-order valence-electron chi connectivity index (χ3n) is 4.64. The molecule has 2 atom stereocenters. The molecule has 26 heavy (non-hydrogen) atoms. The molecule has 3 N–H and O–H groups in total. The van der Waals surface area contributed by atoms with E-state index in [1.54, 1.807) is 24.3 Å². The maximum absolute atomic E-state index is 12.4. The summed E-state index contributed by atoms with van der Waals surface area (Å²) in [7, 11) is 0. The van der Waals surface area contributed by atoms with Crippen LogP contribution >= 0.6 is 11.6 Å². The molecule has 0 unspecified atom stereocenters. The lowest BCUT2D eigenvalue weighted by atomic mass is 9.85. The van der Waals surface area contributed by atoms with Crippen molar-refractivity contribution in [1.29, 1.82) is 0 Å². The number of rotatable bonds is 4. The number of hydrogen-bond acceptors (Lipinski definition) is 2. The second-order valence-electron chi connectivity index (χ2n) is 6.42. The van der Waals surface area contributed by atoms with Gasteiger partial charge in [0, 0.05) is 29.6 Å². The summed E-state index contributed by atoms with van der Waals surface area (Å²) < 4.78 is 0. The van der Waals surface area contributed by atoms with Crippen molar-refractivity contribution in [3.05, 3.63) is 64.7 Å². The van der Waals surface area contributed by atoms with Crippen LogP contribution in [0.5, 0.6) is 0 Å². The van der Waals surface area contributed by atoms with E-state index in [0.717, 1.165) is 12.0 Å². The maximum atomic E-state index is 12.4. The number of carbonyl (C=O) groups is 2. The molecular weight excluding hydrogens is 350 g/mol. The van der Waals surface area contributed by atoms with Crippen LogP contribution < -0.4 is 16.0 Å². The normalized spacial score (nSPS) is 19.5. The first-order chi connectivity index (χ1) is 12.5. The van der Waals surface area contributed by atoms with E-state index in [1.807, 2.05) is 12.1 Å². The Kier molecular flexibility index (Phi) is 5.78. The Morgan fingerprint density at radius 1 is 1.15 bits per heavy atom. The minimum absolute atomic E-state index is 0.00530. The predicted octanol–water partition coefficient (Wildman–Crippen LogP) is 3.70. The van der Waals surface area contributed by atoms with Crippen LogP contribution in [0, 0.1) is 0 Å². The van der Waals surface area contributed by atoms with Crippen LogP contribution in [0.4, 0.5) is 10.5 Å². The zero-order valence-corrected chi connectivity index (χ0v) is 15.3. The molecule has 3 amide bonds. The van der Waals surface area contributed by atoms with Gasteiger partial charge in [0.05, 0.1) is 6.04 Å². The number of halogens is 1. The molecule has 0 aromatic heterocycles. The number of aryl methyl sites for hydroxylation is 1. The summed E-state index contributed by atoms with van der Waals surface area (Å²) in [6, 6.07) is 14.7. The van der Waals surface area contributed by atoms with Crippen molar-refractivity contribution in [1.82, 2.24) is 10.6 Å². The van der Waals surface area contributed by atoms with Crippen molar-refractivity contribution in [2.45, 2.75) is 31.7 Å². The molecule has 0 saturated carbocycles. The first-order valence-corrected chi connectivity index (χ1v) is 9.11. The number of amides is 3. The molecule has 6 heteroatoms. The lowest BCUT2D eigenvalue weighted by Gasteiger charge is -2.32. The number of nitrogens with one attached hydrogen (secondary N) is 3. The van der Waals surface area contributed by atoms with Crippen LogP contribution in [-0.2, 0) is 11.2 Å². The highest BCUT2D eigenvalue weighted by Crippen LogP contribution is 2.27. The number of urea groups is 1. The Morgan fingerprint density at radius 3 is 2.50 bits per heavy atom. The van der Waals surface area contributed by atoms with E-state index < -0.39 is 0 Å². The van der Waals surface area contributed by atoms with Gasteiger partial charge in [0.1, 0.15) is 0 Å². The van der Waals surface area contributed by atoms with E-state index in [9.17, 15) is 9.59 Å². The molecule has 0 aliphatic carbocycles. The van der Waals surface area contributed by atoms with Gasteiger partial charge < -0.3 is 16.0 Å². The second kappa shape index (κ2) is 8.23. The molecule has 136 valence electrons. The Hall–Kier alpha value is -2.53. The molecule has 0 spiro atoms. The van der Waals surface area contributed by atoms with Crippen molar-refractivity contribution in [3.8, 4) is 0 Å². The molecule has 1 saturated heterocycles. The smallest absolute Gasteiger partial charge is 0.319 e. The van der Waals surface area contributed by atoms with Gasteiger partial charge in [-0.05, 0) is 41.8 Å². The monoisotopic (exact) mass is 371 g/mol. The quantitative estimate of drug-likeness (QED) is 0.767. The highest BCUT2D eigenvalue weighted by atomic mass is 35.5. The van der Waals surface area contributed by atoms with E-state index in [0.29, 0.717) is 23.7 Å². The van der Waals surface area contributed by atoms with Crippen molar-refractivity contribution in [3.63, 3.8) is 0 Å². The Labute approximate surface area is 158 Å². The standard InChI is InChI=1S/C20H22ClN3O2/c1-2-13-3-5-14(6-4-13)17-11-19(25)22-12-18(17)24-20(26)23-16-9-7-15(21)8-10-16/h3-10,17-18H,2,11-12H2,1H3,(H,22,25)(H2,23,24,26)/t17-,18+/m1/s1. The van der Waals surface area contributed by atoms with Gasteiger partial charge in [-0.15, -0.1) is 0 Å². The summed E-state index contributed by atoms with van der Waals surface area (Å²) in [4.78, 5) is 24.2. The maximum Gasteiger partial charge on any atom is 0.319 e. The minimum Gasteiger partial charge on any atom is -0.354 e. The zero-order chi connectivity index (χ0) is 18.5. The fourth-order valence-corrected chi connectivity index (χ4v) is 3.28. The van der Waals surface area contributed by atoms with Crippen molar-refractivity contribution in [2.75, 3.05) is 11.9 Å². The van der Waals surface area contributed by atoms with E-state index in [1.165, 1.54) is 5.56 Å². The largest absolute Gasteiger partial charge is 0.354 e. The van der Waals surface area contributed by atoms with Crippen molar-refractivity contribution >= 4 is 29.2 Å². The summed E-state index contributed by atoms with van der Waals surface area (Å²) in [6.07, 6.45) is 1.33. The topological polar surface area (TPSA) is 70.2 Å². The minimum atomic E-state index is -0.302. The first kappa shape index (κ1) is 18.3. The van der Waals surface area contributed by atoms with E-state index in [-0.39, 0.29) is 23.9 Å². The van der Waals surface area contributed by atoms with E-state index >= 15 is 0 Å². The second-order valence-corrected chi connectivity index (χ2v) is 6.86. The highest BCUT2D eigenvalue weighted by Gasteiger charge is 2.31. The average Bonchev–Trinajstić information content (AvgIpc) is 2.65. The third-order valence-corrected chi connectivity index (χ3v) is 4.90. The van der Waals surface area contributed by atoms with Crippen LogP contribution in [0.2, 0.25) is 5.02 Å². The van der Waals surface area contributed by atoms with Gasteiger partial charge in [-0.3, -0.25) is 4.79 Å². The summed E-state index contributed by atoms with van der Waals surface area (Å²) in [5.74, 6) is -0.0450. The molecule has 1 fully saturated rings. The van der Waals surface area contributed by atoms with Gasteiger partial charge in [0.15, 0.2) is 0 Å². The molecule has 0 bridgehead atoms.